The summed E-state index contributed by atoms with van der Waals surface area (Å²) in [6.45, 7) is 0. The van der Waals surface area contributed by atoms with E-state index in [0.717, 1.165) is 11.3 Å². The summed E-state index contributed by atoms with van der Waals surface area (Å²) in [5.41, 5.74) is 5.31. The summed E-state index contributed by atoms with van der Waals surface area (Å²) >= 11 is 0. The smallest absolute Gasteiger partial charge is 0.229 e. The summed E-state index contributed by atoms with van der Waals surface area (Å²) in [5.74, 6) is 0.919. The molecular formula is C26H19NO. The molecule has 6 rings (SSSR count). The predicted molar refractivity (Wildman–Crippen MR) is 116 cm³/mol. The molecule has 2 heterocycles. The molecule has 0 fully saturated rings. The van der Waals surface area contributed by atoms with Crippen LogP contribution < -0.4 is 9.64 Å². The van der Waals surface area contributed by atoms with Crippen molar-refractivity contribution in [1.82, 2.24) is 0 Å². The molecule has 0 radical (unpaired) electrons. The number of para-hydroxylation sites is 1. The lowest BCUT2D eigenvalue weighted by Crippen LogP contribution is -2.50. The average molecular weight is 361 g/mol. The van der Waals surface area contributed by atoms with Crippen molar-refractivity contribution in [2.75, 3.05) is 11.9 Å². The van der Waals surface area contributed by atoms with Crippen molar-refractivity contribution in [1.29, 1.82) is 0 Å². The second kappa shape index (κ2) is 5.49. The molecule has 28 heavy (non-hydrogen) atoms. The Bertz CT molecular complexity index is 1270. The Kier molecular flexibility index (Phi) is 3.05. The van der Waals surface area contributed by atoms with Crippen LogP contribution in [0, 0.1) is 0 Å². The first-order chi connectivity index (χ1) is 13.8. The minimum absolute atomic E-state index is 0.652. The van der Waals surface area contributed by atoms with E-state index < -0.39 is 5.72 Å². The lowest BCUT2D eigenvalue weighted by molar-refractivity contribution is 0.116. The Balaban J connectivity index is 1.61. The van der Waals surface area contributed by atoms with E-state index in [1.807, 2.05) is 0 Å². The minimum atomic E-state index is -0.652. The van der Waals surface area contributed by atoms with E-state index in [9.17, 15) is 0 Å². The summed E-state index contributed by atoms with van der Waals surface area (Å²) in [6.07, 6.45) is 4.43. The Morgan fingerprint density at radius 2 is 1.50 bits per heavy atom. The van der Waals surface area contributed by atoms with Gasteiger partial charge in [-0.15, -0.1) is 0 Å². The number of fused-ring (bicyclic) bond motifs is 7. The third-order valence-corrected chi connectivity index (χ3v) is 6.04. The molecule has 1 atom stereocenters. The highest BCUT2D eigenvalue weighted by molar-refractivity contribution is 5.95. The summed E-state index contributed by atoms with van der Waals surface area (Å²) in [4.78, 5) is 2.25. The largest absolute Gasteiger partial charge is 0.459 e. The van der Waals surface area contributed by atoms with E-state index >= 15 is 0 Å². The molecule has 0 aromatic heterocycles. The van der Waals surface area contributed by atoms with Crippen LogP contribution in [0.25, 0.3) is 28.0 Å². The quantitative estimate of drug-likeness (QED) is 0.369. The number of rotatable bonds is 0. The van der Waals surface area contributed by atoms with Crippen LogP contribution in [0.1, 0.15) is 11.1 Å². The number of hydrogen-bond donors (Lipinski definition) is 0. The number of nitrogens with zero attached hydrogens (tertiary/aromatic N) is 1. The lowest BCUT2D eigenvalue weighted by Gasteiger charge is -2.47. The molecule has 0 bridgehead atoms. The molecule has 2 nitrogen and oxygen atoms in total. The maximum Gasteiger partial charge on any atom is 0.229 e. The van der Waals surface area contributed by atoms with Crippen LogP contribution in [0.4, 0.5) is 5.69 Å². The molecule has 4 aromatic rings. The van der Waals surface area contributed by atoms with E-state index in [-0.39, 0.29) is 0 Å². The first kappa shape index (κ1) is 15.5. The van der Waals surface area contributed by atoms with Crippen molar-refractivity contribution in [3.05, 3.63) is 102 Å². The monoisotopic (exact) mass is 361 g/mol. The van der Waals surface area contributed by atoms with Crippen molar-refractivity contribution in [3.8, 4) is 16.9 Å². The average Bonchev–Trinajstić information content (AvgIpc) is 2.77. The third kappa shape index (κ3) is 1.92. The Morgan fingerprint density at radius 1 is 0.750 bits per heavy atom. The van der Waals surface area contributed by atoms with Crippen molar-refractivity contribution in [2.45, 2.75) is 5.72 Å². The highest BCUT2D eigenvalue weighted by Crippen LogP contribution is 2.51. The lowest BCUT2D eigenvalue weighted by atomic mass is 9.84. The zero-order valence-corrected chi connectivity index (χ0v) is 15.6. The van der Waals surface area contributed by atoms with E-state index in [1.54, 1.807) is 0 Å². The maximum absolute atomic E-state index is 6.80. The second-order valence-electron chi connectivity index (χ2n) is 7.45. The molecule has 0 N–H and O–H groups in total. The van der Waals surface area contributed by atoms with Gasteiger partial charge in [0.25, 0.3) is 0 Å². The van der Waals surface area contributed by atoms with Gasteiger partial charge >= 0.3 is 0 Å². The van der Waals surface area contributed by atoms with Gasteiger partial charge in [0.1, 0.15) is 5.75 Å². The normalized spacial score (nSPS) is 19.1. The molecule has 2 aliphatic heterocycles. The fourth-order valence-electron chi connectivity index (χ4n) is 4.64. The minimum Gasteiger partial charge on any atom is -0.459 e. The van der Waals surface area contributed by atoms with Crippen LogP contribution in [0.2, 0.25) is 0 Å². The summed E-state index contributed by atoms with van der Waals surface area (Å²) in [5, 5.41) is 2.45. The zero-order valence-electron chi connectivity index (χ0n) is 15.6. The van der Waals surface area contributed by atoms with Crippen LogP contribution >= 0.6 is 0 Å². The van der Waals surface area contributed by atoms with Crippen molar-refractivity contribution in [3.63, 3.8) is 0 Å². The molecule has 2 aliphatic rings. The fourth-order valence-corrected chi connectivity index (χ4v) is 4.64. The highest BCUT2D eigenvalue weighted by atomic mass is 16.5. The van der Waals surface area contributed by atoms with Gasteiger partial charge in [-0.1, -0.05) is 72.8 Å². The predicted octanol–water partition coefficient (Wildman–Crippen LogP) is 6.22. The number of likely N-dealkylation sites (N-methyl/N-ethyl adjacent to an activating group) is 1. The van der Waals surface area contributed by atoms with Crippen LogP contribution in [-0.4, -0.2) is 7.05 Å². The number of ether oxygens (including phenoxy) is 1. The first-order valence-corrected chi connectivity index (χ1v) is 9.61. The Hall–Kier alpha value is -3.52. The molecule has 1 spiro atoms. The summed E-state index contributed by atoms with van der Waals surface area (Å²) in [6, 6.07) is 29.8. The van der Waals surface area contributed by atoms with Crippen LogP contribution in [0.3, 0.4) is 0 Å². The van der Waals surface area contributed by atoms with Crippen LogP contribution in [0.5, 0.6) is 5.75 Å². The van der Waals surface area contributed by atoms with Gasteiger partial charge in [0, 0.05) is 29.4 Å². The van der Waals surface area contributed by atoms with Gasteiger partial charge in [-0.05, 0) is 40.6 Å². The number of hydrogen-bond acceptors (Lipinski definition) is 2. The summed E-state index contributed by atoms with van der Waals surface area (Å²) < 4.78 is 6.80. The van der Waals surface area contributed by atoms with Gasteiger partial charge in [0.2, 0.25) is 5.72 Å². The van der Waals surface area contributed by atoms with Crippen molar-refractivity contribution < 1.29 is 4.74 Å². The molecule has 134 valence electrons. The van der Waals surface area contributed by atoms with E-state index in [0.29, 0.717) is 0 Å². The van der Waals surface area contributed by atoms with Gasteiger partial charge in [0.15, 0.2) is 0 Å². The number of anilines is 1. The molecular weight excluding hydrogens is 342 g/mol. The first-order valence-electron chi connectivity index (χ1n) is 9.61. The Labute approximate surface area is 164 Å². The third-order valence-electron chi connectivity index (χ3n) is 6.04. The molecule has 0 saturated heterocycles. The Morgan fingerprint density at radius 3 is 2.43 bits per heavy atom. The zero-order chi connectivity index (χ0) is 18.7. The molecule has 2 heteroatoms. The molecule has 0 aliphatic carbocycles. The number of benzene rings is 4. The fraction of sp³-hybridized carbons (Fsp3) is 0.0769. The second-order valence-corrected chi connectivity index (χ2v) is 7.45. The topological polar surface area (TPSA) is 12.5 Å². The molecule has 4 aromatic carbocycles. The maximum atomic E-state index is 6.80. The van der Waals surface area contributed by atoms with Crippen molar-refractivity contribution in [2.24, 2.45) is 0 Å². The van der Waals surface area contributed by atoms with Gasteiger partial charge < -0.3 is 9.64 Å². The van der Waals surface area contributed by atoms with Gasteiger partial charge in [-0.25, -0.2) is 0 Å². The van der Waals surface area contributed by atoms with Gasteiger partial charge in [-0.2, -0.15) is 0 Å². The van der Waals surface area contributed by atoms with Gasteiger partial charge in [0.05, 0.1) is 0 Å². The van der Waals surface area contributed by atoms with Gasteiger partial charge in [-0.3, -0.25) is 0 Å². The van der Waals surface area contributed by atoms with Crippen LogP contribution in [0.15, 0.2) is 91.0 Å². The van der Waals surface area contributed by atoms with E-state index in [4.69, 9.17) is 4.74 Å². The van der Waals surface area contributed by atoms with Crippen molar-refractivity contribution >= 4 is 22.5 Å². The van der Waals surface area contributed by atoms with Crippen LogP contribution in [-0.2, 0) is 5.72 Å². The molecule has 0 saturated carbocycles. The summed E-state index contributed by atoms with van der Waals surface area (Å²) in [7, 11) is 2.12. The van der Waals surface area contributed by atoms with E-state index in [1.165, 1.54) is 33.2 Å². The molecule has 0 amide bonds. The SMILES string of the molecule is CN1c2ccccc2-c2ccccc2[C@]12C=Cc1c(ccc3ccccc13)O2. The van der Waals surface area contributed by atoms with E-state index in [2.05, 4.69) is 109 Å². The highest BCUT2D eigenvalue weighted by Gasteiger charge is 2.45. The molecule has 0 unspecified atom stereocenters. The standard InChI is InChI=1S/C26H19NO/c1-27-24-13-7-5-11-21(24)20-10-4-6-12-23(20)26(27)17-16-22-19-9-3-2-8-18(19)14-15-25(22)28-26/h2-17H,1H3/t26-/m1/s1.